The third-order valence-electron chi connectivity index (χ3n) is 10.7. The lowest BCUT2D eigenvalue weighted by Gasteiger charge is -2.38. The van der Waals surface area contributed by atoms with E-state index in [1.165, 1.54) is 49.7 Å². The summed E-state index contributed by atoms with van der Waals surface area (Å²) in [4.78, 5) is 2.55. The third kappa shape index (κ3) is 5.11. The molecule has 0 radical (unpaired) electrons. The standard InChI is InChI=1S/C50H35NO/c1-3-14-34(15-4-1)40-30-28-39(33-45(40)36-16-5-2-6-17-36)51(48-25-13-20-35-18-7-9-21-41(35)48)47-24-12-11-22-42(47)38-27-31-49-46(32-38)44-29-26-37-19-8-10-23-43(37)50(44)52-49/h1-33,42,47H. The van der Waals surface area contributed by atoms with Gasteiger partial charge < -0.3 is 9.32 Å². The van der Waals surface area contributed by atoms with Crippen molar-refractivity contribution in [3.05, 3.63) is 206 Å². The van der Waals surface area contributed by atoms with Gasteiger partial charge in [0.05, 0.1) is 6.04 Å². The number of allylic oxidation sites excluding steroid dienone is 2. The van der Waals surface area contributed by atoms with E-state index in [-0.39, 0.29) is 12.0 Å². The Bertz CT molecular complexity index is 2800. The highest BCUT2D eigenvalue weighted by atomic mass is 16.3. The molecule has 0 saturated heterocycles. The zero-order chi connectivity index (χ0) is 34.4. The second-order valence-electron chi connectivity index (χ2n) is 13.6. The summed E-state index contributed by atoms with van der Waals surface area (Å²) >= 11 is 0. The number of hydrogen-bond acceptors (Lipinski definition) is 2. The molecule has 0 fully saturated rings. The molecule has 1 aromatic heterocycles. The normalized spacial score (nSPS) is 15.5. The molecule has 0 saturated carbocycles. The van der Waals surface area contributed by atoms with Gasteiger partial charge in [0, 0.05) is 38.8 Å². The van der Waals surface area contributed by atoms with Crippen LogP contribution >= 0.6 is 0 Å². The highest BCUT2D eigenvalue weighted by molar-refractivity contribution is 6.15. The van der Waals surface area contributed by atoms with Crippen molar-refractivity contribution in [1.82, 2.24) is 0 Å². The molecule has 52 heavy (non-hydrogen) atoms. The lowest BCUT2D eigenvalue weighted by Crippen LogP contribution is -2.35. The number of benzene rings is 8. The fourth-order valence-corrected chi connectivity index (χ4v) is 8.18. The van der Waals surface area contributed by atoms with E-state index in [0.717, 1.165) is 33.0 Å². The molecule has 2 heteroatoms. The van der Waals surface area contributed by atoms with Crippen LogP contribution < -0.4 is 4.90 Å². The maximum absolute atomic E-state index is 6.53. The van der Waals surface area contributed by atoms with E-state index in [1.54, 1.807) is 0 Å². The van der Waals surface area contributed by atoms with Crippen LogP contribution in [0.3, 0.4) is 0 Å². The van der Waals surface area contributed by atoms with Crippen molar-refractivity contribution in [2.24, 2.45) is 0 Å². The van der Waals surface area contributed by atoms with Gasteiger partial charge in [-0.2, -0.15) is 0 Å². The van der Waals surface area contributed by atoms with Gasteiger partial charge in [0.25, 0.3) is 0 Å². The lowest BCUT2D eigenvalue weighted by atomic mass is 9.85. The minimum Gasteiger partial charge on any atom is -0.455 e. The first-order valence-electron chi connectivity index (χ1n) is 18.0. The minimum absolute atomic E-state index is 0.00144. The molecule has 0 aliphatic heterocycles. The van der Waals surface area contributed by atoms with Crippen LogP contribution in [0.15, 0.2) is 205 Å². The Morgan fingerprint density at radius 3 is 1.92 bits per heavy atom. The predicted octanol–water partition coefficient (Wildman–Crippen LogP) is 13.6. The molecule has 2 nitrogen and oxygen atoms in total. The van der Waals surface area contributed by atoms with E-state index in [0.29, 0.717) is 0 Å². The predicted molar refractivity (Wildman–Crippen MR) is 219 cm³/mol. The molecule has 9 aromatic rings. The summed E-state index contributed by atoms with van der Waals surface area (Å²) in [5, 5.41) is 7.08. The molecule has 1 aliphatic carbocycles. The molecular weight excluding hydrogens is 631 g/mol. The van der Waals surface area contributed by atoms with E-state index >= 15 is 0 Å². The molecule has 0 N–H and O–H groups in total. The number of nitrogens with zero attached hydrogens (tertiary/aromatic N) is 1. The largest absolute Gasteiger partial charge is 0.455 e. The number of furan rings is 1. The number of anilines is 2. The molecule has 0 amide bonds. The molecule has 2 atom stereocenters. The highest BCUT2D eigenvalue weighted by Gasteiger charge is 2.30. The average molecular weight is 666 g/mol. The maximum Gasteiger partial charge on any atom is 0.143 e. The number of hydrogen-bond donors (Lipinski definition) is 0. The van der Waals surface area contributed by atoms with Gasteiger partial charge in [-0.05, 0) is 75.0 Å². The van der Waals surface area contributed by atoms with Crippen LogP contribution in [0.4, 0.5) is 11.4 Å². The van der Waals surface area contributed by atoms with E-state index in [1.807, 2.05) is 0 Å². The van der Waals surface area contributed by atoms with Crippen molar-refractivity contribution in [3.8, 4) is 22.3 Å². The summed E-state index contributed by atoms with van der Waals surface area (Å²) in [5.41, 5.74) is 10.3. The van der Waals surface area contributed by atoms with E-state index in [2.05, 4.69) is 205 Å². The fraction of sp³-hybridized carbons (Fsp3) is 0.0400. The lowest BCUT2D eigenvalue weighted by molar-refractivity contribution is 0.670. The highest BCUT2D eigenvalue weighted by Crippen LogP contribution is 2.44. The van der Waals surface area contributed by atoms with Gasteiger partial charge in [0.1, 0.15) is 11.2 Å². The monoisotopic (exact) mass is 665 g/mol. The van der Waals surface area contributed by atoms with Crippen molar-refractivity contribution >= 4 is 54.9 Å². The Kier molecular flexibility index (Phi) is 7.32. The number of fused-ring (bicyclic) bond motifs is 6. The van der Waals surface area contributed by atoms with E-state index in [4.69, 9.17) is 4.42 Å². The van der Waals surface area contributed by atoms with Gasteiger partial charge in [0.15, 0.2) is 0 Å². The minimum atomic E-state index is -0.00144. The molecule has 1 aliphatic rings. The Hall–Kier alpha value is -6.64. The Morgan fingerprint density at radius 1 is 0.442 bits per heavy atom. The van der Waals surface area contributed by atoms with Gasteiger partial charge >= 0.3 is 0 Å². The number of rotatable bonds is 6. The van der Waals surface area contributed by atoms with Crippen molar-refractivity contribution < 1.29 is 4.42 Å². The molecular formula is C50H35NO. The zero-order valence-corrected chi connectivity index (χ0v) is 28.6. The first-order valence-corrected chi connectivity index (χ1v) is 18.0. The smallest absolute Gasteiger partial charge is 0.143 e. The molecule has 10 rings (SSSR count). The van der Waals surface area contributed by atoms with Crippen LogP contribution in [-0.4, -0.2) is 6.04 Å². The second-order valence-corrected chi connectivity index (χ2v) is 13.6. The van der Waals surface area contributed by atoms with Crippen LogP contribution in [-0.2, 0) is 0 Å². The van der Waals surface area contributed by atoms with E-state index < -0.39 is 0 Å². The molecule has 246 valence electrons. The van der Waals surface area contributed by atoms with Crippen LogP contribution in [0.1, 0.15) is 11.5 Å². The SMILES string of the molecule is C1=CC(c2ccc3oc4c5ccccc5ccc4c3c2)C(N(c2ccc(-c3ccccc3)c(-c3ccccc3)c2)c2cccc3ccccc23)C=C1. The Morgan fingerprint density at radius 2 is 1.12 bits per heavy atom. The van der Waals surface area contributed by atoms with Crippen molar-refractivity contribution in [3.63, 3.8) is 0 Å². The van der Waals surface area contributed by atoms with Gasteiger partial charge in [0.2, 0.25) is 0 Å². The molecule has 2 unspecified atom stereocenters. The summed E-state index contributed by atoms with van der Waals surface area (Å²) in [5.74, 6) is 0.0766. The Labute approximate surface area is 303 Å². The molecule has 8 aromatic carbocycles. The summed E-state index contributed by atoms with van der Waals surface area (Å²) in [6, 6.07) is 63.5. The van der Waals surface area contributed by atoms with Gasteiger partial charge in [-0.25, -0.2) is 0 Å². The quantitative estimate of drug-likeness (QED) is 0.176. The van der Waals surface area contributed by atoms with Crippen LogP contribution in [0.5, 0.6) is 0 Å². The molecule has 1 heterocycles. The molecule has 0 bridgehead atoms. The van der Waals surface area contributed by atoms with Gasteiger partial charge in [-0.1, -0.05) is 164 Å². The summed E-state index contributed by atoms with van der Waals surface area (Å²) in [6.07, 6.45) is 9.12. The van der Waals surface area contributed by atoms with Crippen molar-refractivity contribution in [2.45, 2.75) is 12.0 Å². The van der Waals surface area contributed by atoms with Gasteiger partial charge in [-0.15, -0.1) is 0 Å². The third-order valence-corrected chi connectivity index (χ3v) is 10.7. The fourth-order valence-electron chi connectivity index (χ4n) is 8.18. The topological polar surface area (TPSA) is 16.4 Å². The average Bonchev–Trinajstić information content (AvgIpc) is 3.60. The zero-order valence-electron chi connectivity index (χ0n) is 28.6. The summed E-state index contributed by atoms with van der Waals surface area (Å²) in [6.45, 7) is 0. The van der Waals surface area contributed by atoms with Crippen LogP contribution in [0.2, 0.25) is 0 Å². The first kappa shape index (κ1) is 30.2. The van der Waals surface area contributed by atoms with E-state index in [9.17, 15) is 0 Å². The van der Waals surface area contributed by atoms with Crippen LogP contribution in [0.25, 0.3) is 65.7 Å². The Balaban J connectivity index is 1.17. The summed E-state index contributed by atoms with van der Waals surface area (Å²) < 4.78 is 6.53. The van der Waals surface area contributed by atoms with Crippen molar-refractivity contribution in [2.75, 3.05) is 4.90 Å². The first-order chi connectivity index (χ1) is 25.8. The van der Waals surface area contributed by atoms with Gasteiger partial charge in [-0.3, -0.25) is 0 Å². The summed E-state index contributed by atoms with van der Waals surface area (Å²) in [7, 11) is 0. The maximum atomic E-state index is 6.53. The molecule has 0 spiro atoms. The van der Waals surface area contributed by atoms with Crippen LogP contribution in [0, 0.1) is 0 Å². The van der Waals surface area contributed by atoms with Crippen molar-refractivity contribution in [1.29, 1.82) is 0 Å². The second kappa shape index (κ2) is 12.6.